The van der Waals surface area contributed by atoms with Crippen molar-refractivity contribution in [1.82, 2.24) is 14.4 Å². The van der Waals surface area contributed by atoms with Crippen molar-refractivity contribution in [2.75, 3.05) is 20.1 Å². The Morgan fingerprint density at radius 2 is 1.77 bits per heavy atom. The summed E-state index contributed by atoms with van der Waals surface area (Å²) in [7, 11) is 1.84. The van der Waals surface area contributed by atoms with Crippen molar-refractivity contribution in [2.24, 2.45) is 17.3 Å². The summed E-state index contributed by atoms with van der Waals surface area (Å²) in [5, 5.41) is 12.4. The average Bonchev–Trinajstić information content (AvgIpc) is 3.40. The molecule has 2 amide bonds. The van der Waals surface area contributed by atoms with Crippen LogP contribution < -0.4 is 5.56 Å². The lowest BCUT2D eigenvalue weighted by atomic mass is 9.65. The summed E-state index contributed by atoms with van der Waals surface area (Å²) in [5.41, 5.74) is 0.0236. The smallest absolute Gasteiger partial charge is 0.255 e. The first-order valence-electron chi connectivity index (χ1n) is 15.3. The second kappa shape index (κ2) is 10.5. The highest BCUT2D eigenvalue weighted by Crippen LogP contribution is 2.53. The third-order valence-electron chi connectivity index (χ3n) is 10.7. The van der Waals surface area contributed by atoms with Gasteiger partial charge in [-0.2, -0.15) is 0 Å². The predicted molar refractivity (Wildman–Crippen MR) is 155 cm³/mol. The Morgan fingerprint density at radius 3 is 2.52 bits per heavy atom. The minimum Gasteiger partial charge on any atom is -0.387 e. The second-order valence-corrected chi connectivity index (χ2v) is 13.2. The molecule has 2 aromatic rings. The van der Waals surface area contributed by atoms with Crippen LogP contribution in [0.2, 0.25) is 0 Å². The van der Waals surface area contributed by atoms with Gasteiger partial charge in [-0.15, -0.1) is 0 Å². The molecule has 7 heteroatoms. The molecule has 7 nitrogen and oxygen atoms in total. The number of pyridine rings is 1. The number of aliphatic hydroxyl groups is 1. The van der Waals surface area contributed by atoms with E-state index in [0.29, 0.717) is 43.0 Å². The average molecular weight is 546 g/mol. The number of amides is 2. The number of carbonyl (C=O) groups is 2. The van der Waals surface area contributed by atoms with Crippen LogP contribution in [0.1, 0.15) is 81.5 Å². The topological polar surface area (TPSA) is 82.9 Å². The number of nitrogens with zero attached hydrogens (tertiary/aromatic N) is 3. The van der Waals surface area contributed by atoms with Gasteiger partial charge in [-0.25, -0.2) is 0 Å². The van der Waals surface area contributed by atoms with Crippen molar-refractivity contribution in [3.05, 3.63) is 58.5 Å². The molecule has 3 fully saturated rings. The van der Waals surface area contributed by atoms with Crippen LogP contribution in [0.4, 0.5) is 0 Å². The lowest BCUT2D eigenvalue weighted by Crippen LogP contribution is -2.63. The molecular formula is C33H43N3O4. The minimum atomic E-state index is -1.14. The fourth-order valence-electron chi connectivity index (χ4n) is 8.30. The number of hydrogen-bond acceptors (Lipinski definition) is 4. The van der Waals surface area contributed by atoms with Crippen molar-refractivity contribution in [1.29, 1.82) is 0 Å². The molecule has 214 valence electrons. The van der Waals surface area contributed by atoms with Crippen LogP contribution in [0.3, 0.4) is 0 Å². The third kappa shape index (κ3) is 4.70. The first-order valence-corrected chi connectivity index (χ1v) is 15.3. The van der Waals surface area contributed by atoms with Crippen molar-refractivity contribution >= 4 is 11.8 Å². The Balaban J connectivity index is 1.32. The zero-order chi connectivity index (χ0) is 28.1. The number of likely N-dealkylation sites (tertiary alicyclic amines) is 1. The molecule has 6 rings (SSSR count). The number of piperidine rings is 1. The quantitative estimate of drug-likeness (QED) is 0.603. The van der Waals surface area contributed by atoms with Gasteiger partial charge in [0.15, 0.2) is 0 Å². The molecule has 4 aliphatic rings. The molecule has 3 heterocycles. The van der Waals surface area contributed by atoms with Crippen LogP contribution in [0, 0.1) is 17.3 Å². The van der Waals surface area contributed by atoms with E-state index in [1.165, 1.54) is 36.7 Å². The van der Waals surface area contributed by atoms with E-state index in [4.69, 9.17) is 0 Å². The number of benzene rings is 1. The molecule has 1 N–H and O–H groups in total. The summed E-state index contributed by atoms with van der Waals surface area (Å²) in [6.07, 6.45) is 11.5. The monoisotopic (exact) mass is 545 g/mol. The van der Waals surface area contributed by atoms with Crippen molar-refractivity contribution in [3.8, 4) is 11.1 Å². The zero-order valence-electron chi connectivity index (χ0n) is 24.0. The Bertz CT molecular complexity index is 1330. The number of rotatable bonds is 4. The lowest BCUT2D eigenvalue weighted by Gasteiger charge is -2.53. The largest absolute Gasteiger partial charge is 0.387 e. The van der Waals surface area contributed by atoms with Crippen LogP contribution in [-0.4, -0.2) is 63.1 Å². The molecule has 40 heavy (non-hydrogen) atoms. The molecule has 1 spiro atoms. The summed E-state index contributed by atoms with van der Waals surface area (Å²) in [6, 6.07) is 11.1. The third-order valence-corrected chi connectivity index (χ3v) is 10.7. The van der Waals surface area contributed by atoms with Crippen LogP contribution in [0.25, 0.3) is 11.1 Å². The van der Waals surface area contributed by atoms with E-state index >= 15 is 0 Å². The predicted octanol–water partition coefficient (Wildman–Crippen LogP) is 4.71. The normalized spacial score (nSPS) is 29.7. The highest BCUT2D eigenvalue weighted by atomic mass is 16.3. The van der Waals surface area contributed by atoms with E-state index in [1.54, 1.807) is 12.3 Å². The number of carbonyl (C=O) groups excluding carboxylic acids is 2. The van der Waals surface area contributed by atoms with Gasteiger partial charge in [0.25, 0.3) is 11.5 Å². The summed E-state index contributed by atoms with van der Waals surface area (Å²) < 4.78 is 1.54. The molecule has 4 bridgehead atoms. The lowest BCUT2D eigenvalue weighted by molar-refractivity contribution is -0.164. The highest BCUT2D eigenvalue weighted by Gasteiger charge is 2.59. The molecule has 1 aromatic carbocycles. The summed E-state index contributed by atoms with van der Waals surface area (Å²) in [6.45, 7) is 3.19. The molecule has 1 saturated heterocycles. The van der Waals surface area contributed by atoms with Crippen LogP contribution >= 0.6 is 0 Å². The fourth-order valence-corrected chi connectivity index (χ4v) is 8.30. The van der Waals surface area contributed by atoms with E-state index in [0.717, 1.165) is 24.8 Å². The summed E-state index contributed by atoms with van der Waals surface area (Å²) >= 11 is 0. The standard InChI is InChI=1S/C33H43N3O4/c1-23(17-24-9-5-3-6-10-24)30(38)35-16-15-33(40)22-36-20-28(27(18-29(36)37)25-11-7-4-8-12-25)31(39)34(2)26-13-14-32(33,19-26)21-35/h4,7-8,11-12,18,20,23-24,26,40H,3,5-6,9-10,13-17,19,21-22H2,1-2H3/t23-,26?,32?,33-/m1/s1. The molecular weight excluding hydrogens is 502 g/mol. The van der Waals surface area contributed by atoms with E-state index in [2.05, 4.69) is 6.92 Å². The van der Waals surface area contributed by atoms with E-state index in [9.17, 15) is 19.5 Å². The van der Waals surface area contributed by atoms with Gasteiger partial charge in [0.05, 0.1) is 17.7 Å². The SMILES string of the molecule is C[C@H](CC1CCCCC1)C(=O)N1CC[C@@]2(O)Cn3cc(c(-c4ccccc4)cc3=O)C(=O)N(C)C3CCC2(C3)C1. The Labute approximate surface area is 237 Å². The van der Waals surface area contributed by atoms with Gasteiger partial charge >= 0.3 is 0 Å². The molecule has 2 saturated carbocycles. The first-order chi connectivity index (χ1) is 19.2. The molecule has 2 aliphatic heterocycles. The van der Waals surface area contributed by atoms with Gasteiger partial charge in [-0.3, -0.25) is 14.4 Å². The van der Waals surface area contributed by atoms with Gasteiger partial charge < -0.3 is 19.5 Å². The molecule has 1 aromatic heterocycles. The number of aromatic nitrogens is 1. The summed E-state index contributed by atoms with van der Waals surface area (Å²) in [4.78, 5) is 44.8. The zero-order valence-corrected chi connectivity index (χ0v) is 24.0. The van der Waals surface area contributed by atoms with Gasteiger partial charge in [0, 0.05) is 55.3 Å². The van der Waals surface area contributed by atoms with E-state index in [1.807, 2.05) is 47.2 Å². The van der Waals surface area contributed by atoms with Crippen molar-refractivity contribution < 1.29 is 14.7 Å². The maximum absolute atomic E-state index is 13.9. The molecule has 4 atom stereocenters. The van der Waals surface area contributed by atoms with E-state index < -0.39 is 11.0 Å². The van der Waals surface area contributed by atoms with Gasteiger partial charge in [0.2, 0.25) is 5.91 Å². The number of fused-ring (bicyclic) bond motifs is 3. The van der Waals surface area contributed by atoms with Gasteiger partial charge in [0.1, 0.15) is 0 Å². The van der Waals surface area contributed by atoms with Gasteiger partial charge in [-0.05, 0) is 43.6 Å². The Kier molecular flexibility index (Phi) is 7.14. The first kappa shape index (κ1) is 27.3. The van der Waals surface area contributed by atoms with Crippen molar-refractivity contribution in [2.45, 2.75) is 89.3 Å². The highest BCUT2D eigenvalue weighted by molar-refractivity contribution is 6.00. The number of hydrogen-bond donors (Lipinski definition) is 1. The molecule has 2 aliphatic carbocycles. The Hall–Kier alpha value is -2.93. The minimum absolute atomic E-state index is 0.0256. The second-order valence-electron chi connectivity index (χ2n) is 13.2. The van der Waals surface area contributed by atoms with Crippen LogP contribution in [-0.2, 0) is 11.3 Å². The summed E-state index contributed by atoms with van der Waals surface area (Å²) in [5.74, 6) is 0.697. The maximum atomic E-state index is 13.9. The maximum Gasteiger partial charge on any atom is 0.255 e. The van der Waals surface area contributed by atoms with E-state index in [-0.39, 0.29) is 35.9 Å². The van der Waals surface area contributed by atoms with Crippen LogP contribution in [0.5, 0.6) is 0 Å². The molecule has 2 unspecified atom stereocenters. The van der Waals surface area contributed by atoms with Crippen LogP contribution in [0.15, 0.2) is 47.4 Å². The Morgan fingerprint density at radius 1 is 1.02 bits per heavy atom. The fraction of sp³-hybridized carbons (Fsp3) is 0.606. The molecule has 0 radical (unpaired) electrons. The van der Waals surface area contributed by atoms with Gasteiger partial charge in [-0.1, -0.05) is 69.4 Å². The van der Waals surface area contributed by atoms with Crippen molar-refractivity contribution in [3.63, 3.8) is 0 Å².